The Labute approximate surface area is 128 Å². The molecule has 0 amide bonds. The Morgan fingerprint density at radius 2 is 2.00 bits per heavy atom. The van der Waals surface area contributed by atoms with Gasteiger partial charge in [-0.3, -0.25) is 0 Å². The van der Waals surface area contributed by atoms with Crippen LogP contribution in [0.2, 0.25) is 0 Å². The quantitative estimate of drug-likeness (QED) is 0.743. The lowest BCUT2D eigenvalue weighted by Gasteiger charge is -2.33. The molecule has 2 N–H and O–H groups in total. The highest BCUT2D eigenvalue weighted by Gasteiger charge is 2.33. The lowest BCUT2D eigenvalue weighted by atomic mass is 10.1. The first kappa shape index (κ1) is 17.1. The van der Waals surface area contributed by atoms with Crippen LogP contribution in [-0.2, 0) is 10.2 Å². The minimum absolute atomic E-state index is 0.0918. The van der Waals surface area contributed by atoms with Gasteiger partial charge in [0, 0.05) is 31.7 Å². The first-order chi connectivity index (χ1) is 9.94. The monoisotopic (exact) mass is 319 g/mol. The second-order valence-electron chi connectivity index (χ2n) is 6.54. The summed E-state index contributed by atoms with van der Waals surface area (Å²) in [5.74, 6) is 0.388. The summed E-state index contributed by atoms with van der Waals surface area (Å²) >= 11 is 0. The molecule has 2 aliphatic rings. The molecule has 0 saturated carbocycles. The Morgan fingerprint density at radius 3 is 2.62 bits per heavy atom. The van der Waals surface area contributed by atoms with Crippen molar-refractivity contribution >= 4 is 10.2 Å². The van der Waals surface area contributed by atoms with E-state index in [2.05, 4.69) is 23.5 Å². The van der Waals surface area contributed by atoms with Crippen molar-refractivity contribution in [1.29, 1.82) is 0 Å². The van der Waals surface area contributed by atoms with Crippen LogP contribution in [0.1, 0.15) is 39.5 Å². The van der Waals surface area contributed by atoms with Crippen molar-refractivity contribution in [2.24, 2.45) is 5.92 Å². The molecule has 0 aromatic rings. The molecular formula is C14H29N3O3S. The molecule has 2 atom stereocenters. The molecule has 0 aromatic carbocycles. The first-order valence-electron chi connectivity index (χ1n) is 8.05. The van der Waals surface area contributed by atoms with Crippen LogP contribution >= 0.6 is 0 Å². The van der Waals surface area contributed by atoms with Gasteiger partial charge in [0.15, 0.2) is 0 Å². The SMILES string of the molecule is CC(C)N1CCC(CNS(=O)(=O)N2CCCCC2CO)C1. The van der Waals surface area contributed by atoms with Crippen LogP contribution in [0.4, 0.5) is 0 Å². The highest BCUT2D eigenvalue weighted by Crippen LogP contribution is 2.21. The standard InChI is InChI=1S/C14H29N3O3S/c1-12(2)16-8-6-13(10-16)9-15-21(19,20)17-7-4-3-5-14(17)11-18/h12-15,18H,3-11H2,1-2H3. The largest absolute Gasteiger partial charge is 0.395 e. The van der Waals surface area contributed by atoms with E-state index in [9.17, 15) is 13.5 Å². The van der Waals surface area contributed by atoms with E-state index in [0.29, 0.717) is 25.0 Å². The van der Waals surface area contributed by atoms with Gasteiger partial charge in [-0.15, -0.1) is 0 Å². The number of likely N-dealkylation sites (tertiary alicyclic amines) is 1. The van der Waals surface area contributed by atoms with Gasteiger partial charge in [-0.25, -0.2) is 4.72 Å². The number of aliphatic hydroxyl groups is 1. The molecule has 2 rings (SSSR count). The van der Waals surface area contributed by atoms with Crippen LogP contribution in [0.5, 0.6) is 0 Å². The van der Waals surface area contributed by atoms with Crippen molar-refractivity contribution in [3.8, 4) is 0 Å². The van der Waals surface area contributed by atoms with E-state index >= 15 is 0 Å². The topological polar surface area (TPSA) is 72.9 Å². The summed E-state index contributed by atoms with van der Waals surface area (Å²) < 4.78 is 29.0. The molecule has 0 aliphatic carbocycles. The molecule has 0 bridgehead atoms. The Morgan fingerprint density at radius 1 is 1.24 bits per heavy atom. The summed E-state index contributed by atoms with van der Waals surface area (Å²) in [6.07, 6.45) is 3.66. The van der Waals surface area contributed by atoms with Crippen molar-refractivity contribution in [1.82, 2.24) is 13.9 Å². The minimum Gasteiger partial charge on any atom is -0.395 e. The van der Waals surface area contributed by atoms with Crippen LogP contribution in [0.25, 0.3) is 0 Å². The Kier molecular flexibility index (Phi) is 6.02. The van der Waals surface area contributed by atoms with E-state index < -0.39 is 10.2 Å². The predicted molar refractivity (Wildman–Crippen MR) is 83.2 cm³/mol. The fourth-order valence-corrected chi connectivity index (χ4v) is 4.82. The lowest BCUT2D eigenvalue weighted by molar-refractivity contribution is 0.153. The van der Waals surface area contributed by atoms with Crippen molar-refractivity contribution in [3.63, 3.8) is 0 Å². The van der Waals surface area contributed by atoms with E-state index in [-0.39, 0.29) is 12.6 Å². The van der Waals surface area contributed by atoms with Gasteiger partial charge in [0.1, 0.15) is 0 Å². The normalized spacial score (nSPS) is 29.3. The van der Waals surface area contributed by atoms with Crippen LogP contribution in [0.15, 0.2) is 0 Å². The predicted octanol–water partition coefficient (Wildman–Crippen LogP) is 0.398. The number of piperidine rings is 1. The van der Waals surface area contributed by atoms with Gasteiger partial charge in [0.2, 0.25) is 0 Å². The minimum atomic E-state index is -3.46. The molecule has 0 aromatic heterocycles. The molecule has 2 aliphatic heterocycles. The summed E-state index contributed by atoms with van der Waals surface area (Å²) in [7, 11) is -3.46. The van der Waals surface area contributed by atoms with Gasteiger partial charge in [-0.1, -0.05) is 6.42 Å². The number of rotatable bonds is 6. The van der Waals surface area contributed by atoms with Crippen LogP contribution < -0.4 is 4.72 Å². The highest BCUT2D eigenvalue weighted by atomic mass is 32.2. The molecule has 21 heavy (non-hydrogen) atoms. The summed E-state index contributed by atoms with van der Waals surface area (Å²) in [5.41, 5.74) is 0. The smallest absolute Gasteiger partial charge is 0.279 e. The third-order valence-corrected chi connectivity index (χ3v) is 6.32. The fourth-order valence-electron chi connectivity index (χ4n) is 3.28. The summed E-state index contributed by atoms with van der Waals surface area (Å²) in [6.45, 7) is 7.28. The van der Waals surface area contributed by atoms with Crippen molar-refractivity contribution < 1.29 is 13.5 Å². The van der Waals surface area contributed by atoms with Crippen LogP contribution in [-0.4, -0.2) is 67.6 Å². The maximum atomic E-state index is 12.4. The number of aliphatic hydroxyl groups excluding tert-OH is 1. The molecule has 6 nitrogen and oxygen atoms in total. The average Bonchev–Trinajstić information content (AvgIpc) is 2.94. The van der Waals surface area contributed by atoms with Gasteiger partial charge >= 0.3 is 0 Å². The van der Waals surface area contributed by atoms with E-state index in [1.54, 1.807) is 0 Å². The van der Waals surface area contributed by atoms with Crippen molar-refractivity contribution in [2.75, 3.05) is 32.8 Å². The first-order valence-corrected chi connectivity index (χ1v) is 9.49. The third-order valence-electron chi connectivity index (χ3n) is 4.69. The van der Waals surface area contributed by atoms with Crippen molar-refractivity contribution in [2.45, 2.75) is 51.6 Å². The number of nitrogens with zero attached hydrogens (tertiary/aromatic N) is 2. The molecular weight excluding hydrogens is 290 g/mol. The zero-order valence-electron chi connectivity index (χ0n) is 13.2. The summed E-state index contributed by atoms with van der Waals surface area (Å²) in [6, 6.07) is 0.263. The third kappa shape index (κ3) is 4.39. The molecule has 124 valence electrons. The lowest BCUT2D eigenvalue weighted by Crippen LogP contribution is -2.51. The van der Waals surface area contributed by atoms with Crippen molar-refractivity contribution in [3.05, 3.63) is 0 Å². The number of hydrogen-bond acceptors (Lipinski definition) is 4. The van der Waals surface area contributed by atoms with E-state index in [1.165, 1.54) is 4.31 Å². The number of nitrogens with one attached hydrogen (secondary N) is 1. The van der Waals surface area contributed by atoms with E-state index in [0.717, 1.165) is 38.8 Å². The maximum Gasteiger partial charge on any atom is 0.279 e. The second kappa shape index (κ2) is 7.37. The zero-order chi connectivity index (χ0) is 15.5. The Hall–Kier alpha value is -0.210. The molecule has 2 unspecified atom stereocenters. The molecule has 2 heterocycles. The summed E-state index contributed by atoms with van der Waals surface area (Å²) in [5, 5.41) is 9.36. The van der Waals surface area contributed by atoms with Gasteiger partial charge in [-0.05, 0) is 45.6 Å². The van der Waals surface area contributed by atoms with Crippen LogP contribution in [0.3, 0.4) is 0 Å². The van der Waals surface area contributed by atoms with Gasteiger partial charge in [0.25, 0.3) is 10.2 Å². The van der Waals surface area contributed by atoms with Crippen LogP contribution in [0, 0.1) is 5.92 Å². The van der Waals surface area contributed by atoms with E-state index in [1.807, 2.05) is 0 Å². The zero-order valence-corrected chi connectivity index (χ0v) is 14.0. The highest BCUT2D eigenvalue weighted by molar-refractivity contribution is 7.87. The molecule has 2 fully saturated rings. The Balaban J connectivity index is 1.86. The van der Waals surface area contributed by atoms with Gasteiger partial charge in [-0.2, -0.15) is 12.7 Å². The molecule has 0 spiro atoms. The Bertz CT molecular complexity index is 427. The summed E-state index contributed by atoms with van der Waals surface area (Å²) in [4.78, 5) is 2.39. The molecule has 7 heteroatoms. The number of hydrogen-bond donors (Lipinski definition) is 2. The van der Waals surface area contributed by atoms with E-state index in [4.69, 9.17) is 0 Å². The average molecular weight is 319 g/mol. The van der Waals surface area contributed by atoms with Gasteiger partial charge in [0.05, 0.1) is 6.61 Å². The second-order valence-corrected chi connectivity index (χ2v) is 8.25. The maximum absolute atomic E-state index is 12.4. The fraction of sp³-hybridized carbons (Fsp3) is 1.00. The van der Waals surface area contributed by atoms with Gasteiger partial charge < -0.3 is 10.0 Å². The molecule has 0 radical (unpaired) electrons. The molecule has 2 saturated heterocycles.